The number of likely N-dealkylation sites (tertiary alicyclic amines) is 1. The second-order valence-corrected chi connectivity index (χ2v) is 10.3. The van der Waals surface area contributed by atoms with Crippen LogP contribution in [0.2, 0.25) is 5.02 Å². The van der Waals surface area contributed by atoms with Crippen molar-refractivity contribution in [1.82, 2.24) is 4.90 Å². The Morgan fingerprint density at radius 3 is 2.66 bits per heavy atom. The van der Waals surface area contributed by atoms with Crippen molar-refractivity contribution in [3.8, 4) is 0 Å². The van der Waals surface area contributed by atoms with E-state index in [2.05, 4.69) is 72.6 Å². The van der Waals surface area contributed by atoms with Gasteiger partial charge >= 0.3 is 0 Å². The van der Waals surface area contributed by atoms with Crippen LogP contribution in [0.1, 0.15) is 49.3 Å². The first-order valence-corrected chi connectivity index (χ1v) is 12.3. The van der Waals surface area contributed by atoms with Crippen molar-refractivity contribution in [2.24, 2.45) is 0 Å². The zero-order valence-electron chi connectivity index (χ0n) is 19.4. The van der Waals surface area contributed by atoms with Gasteiger partial charge in [0.25, 0.3) is 0 Å². The maximum absolute atomic E-state index is 6.34. The summed E-state index contributed by atoms with van der Waals surface area (Å²) in [5.74, 6) is 0. The van der Waals surface area contributed by atoms with Gasteiger partial charge in [0.1, 0.15) is 0 Å². The molecule has 5 rings (SSSR count). The molecule has 1 N–H and O–H groups in total. The summed E-state index contributed by atoms with van der Waals surface area (Å²) in [6, 6.07) is 13.8. The van der Waals surface area contributed by atoms with Gasteiger partial charge in [-0.25, -0.2) is 0 Å². The molecule has 1 saturated heterocycles. The number of halogens is 1. The number of fused-ring (bicyclic) bond motifs is 3. The summed E-state index contributed by atoms with van der Waals surface area (Å²) in [6.45, 7) is 13.2. The molecular weight excluding hydrogens is 414 g/mol. The van der Waals surface area contributed by atoms with Gasteiger partial charge < -0.3 is 15.1 Å². The van der Waals surface area contributed by atoms with Crippen LogP contribution < -0.4 is 10.2 Å². The van der Waals surface area contributed by atoms with E-state index in [9.17, 15) is 0 Å². The zero-order chi connectivity index (χ0) is 22.5. The molecule has 0 radical (unpaired) electrons. The molecule has 168 valence electrons. The lowest BCUT2D eigenvalue weighted by atomic mass is 9.72. The highest BCUT2D eigenvalue weighted by Gasteiger charge is 2.44. The number of rotatable bonds is 4. The van der Waals surface area contributed by atoms with Crippen LogP contribution in [0.5, 0.6) is 0 Å². The summed E-state index contributed by atoms with van der Waals surface area (Å²) < 4.78 is 0. The second kappa shape index (κ2) is 8.28. The molecule has 1 fully saturated rings. The van der Waals surface area contributed by atoms with E-state index in [-0.39, 0.29) is 5.41 Å². The van der Waals surface area contributed by atoms with Crippen molar-refractivity contribution in [2.45, 2.75) is 56.9 Å². The van der Waals surface area contributed by atoms with Gasteiger partial charge in [0, 0.05) is 46.3 Å². The van der Waals surface area contributed by atoms with Crippen LogP contribution in [0.4, 0.5) is 11.4 Å². The predicted octanol–water partition coefficient (Wildman–Crippen LogP) is 6.53. The van der Waals surface area contributed by atoms with E-state index in [0.29, 0.717) is 6.04 Å². The minimum atomic E-state index is 0.0327. The molecule has 32 heavy (non-hydrogen) atoms. The second-order valence-electron chi connectivity index (χ2n) is 9.89. The highest BCUT2D eigenvalue weighted by molar-refractivity contribution is 6.30. The van der Waals surface area contributed by atoms with E-state index in [1.807, 2.05) is 6.07 Å². The number of benzene rings is 2. The monoisotopic (exact) mass is 447 g/mol. The third kappa shape index (κ3) is 3.66. The Bertz CT molecular complexity index is 1060. The molecule has 3 nitrogen and oxygen atoms in total. The fourth-order valence-corrected chi connectivity index (χ4v) is 6.05. The van der Waals surface area contributed by atoms with Gasteiger partial charge in [-0.05, 0) is 99.5 Å². The van der Waals surface area contributed by atoms with Crippen LogP contribution in [0, 0.1) is 0 Å². The molecule has 0 bridgehead atoms. The average molecular weight is 448 g/mol. The van der Waals surface area contributed by atoms with Crippen LogP contribution in [0.25, 0.3) is 0 Å². The summed E-state index contributed by atoms with van der Waals surface area (Å²) in [4.78, 5) is 4.91. The van der Waals surface area contributed by atoms with Gasteiger partial charge in [-0.3, -0.25) is 0 Å². The van der Waals surface area contributed by atoms with E-state index in [0.717, 1.165) is 55.9 Å². The Morgan fingerprint density at radius 1 is 1.09 bits per heavy atom. The van der Waals surface area contributed by atoms with E-state index >= 15 is 0 Å². The third-order valence-electron chi connectivity index (χ3n) is 8.15. The van der Waals surface area contributed by atoms with Crippen LogP contribution >= 0.6 is 11.6 Å². The molecule has 3 heterocycles. The maximum Gasteiger partial charge on any atom is 0.0438 e. The smallest absolute Gasteiger partial charge is 0.0438 e. The lowest BCUT2D eigenvalue weighted by molar-refractivity contribution is 0.133. The predicted molar refractivity (Wildman–Crippen MR) is 137 cm³/mol. The van der Waals surface area contributed by atoms with Crippen molar-refractivity contribution >= 4 is 23.0 Å². The SMILES string of the molecule is C=C1CCc2cc(CCC(C)N3CCC4(CC3)C(=C)Nc3ccc(Cl)cc34)ccc2N1C. The van der Waals surface area contributed by atoms with E-state index in [1.54, 1.807) is 0 Å². The quantitative estimate of drug-likeness (QED) is 0.574. The summed E-state index contributed by atoms with van der Waals surface area (Å²) in [5.41, 5.74) is 9.16. The van der Waals surface area contributed by atoms with Crippen LogP contribution in [0.15, 0.2) is 61.0 Å². The Hall–Kier alpha value is -2.23. The number of anilines is 2. The summed E-state index contributed by atoms with van der Waals surface area (Å²) in [6.07, 6.45) is 6.70. The van der Waals surface area contributed by atoms with Gasteiger partial charge in [0.05, 0.1) is 0 Å². The molecular formula is C28H34ClN3. The van der Waals surface area contributed by atoms with Crippen molar-refractivity contribution in [1.29, 1.82) is 0 Å². The Labute approximate surface area is 197 Å². The average Bonchev–Trinajstić information content (AvgIpc) is 3.06. The molecule has 3 aliphatic rings. The molecule has 3 aliphatic heterocycles. The van der Waals surface area contributed by atoms with Gasteiger partial charge in [-0.1, -0.05) is 36.9 Å². The van der Waals surface area contributed by atoms with E-state index in [4.69, 9.17) is 11.6 Å². The van der Waals surface area contributed by atoms with Gasteiger partial charge in [0.2, 0.25) is 0 Å². The lowest BCUT2D eigenvalue weighted by Crippen LogP contribution is -2.46. The number of hydrogen-bond donors (Lipinski definition) is 1. The third-order valence-corrected chi connectivity index (χ3v) is 8.38. The maximum atomic E-state index is 6.34. The number of nitrogens with zero attached hydrogens (tertiary/aromatic N) is 2. The Kier molecular flexibility index (Phi) is 5.59. The van der Waals surface area contributed by atoms with Crippen LogP contribution in [-0.2, 0) is 18.3 Å². The first-order valence-electron chi connectivity index (χ1n) is 11.9. The van der Waals surface area contributed by atoms with Crippen molar-refractivity contribution in [2.75, 3.05) is 30.4 Å². The summed E-state index contributed by atoms with van der Waals surface area (Å²) in [7, 11) is 2.13. The van der Waals surface area contributed by atoms with Crippen LogP contribution in [0.3, 0.4) is 0 Å². The molecule has 2 aromatic rings. The molecule has 0 aromatic heterocycles. The number of piperidine rings is 1. The highest BCUT2D eigenvalue weighted by Crippen LogP contribution is 2.50. The highest BCUT2D eigenvalue weighted by atomic mass is 35.5. The molecule has 0 amide bonds. The first-order chi connectivity index (χ1) is 15.4. The molecule has 0 saturated carbocycles. The molecule has 4 heteroatoms. The van der Waals surface area contributed by atoms with Crippen molar-refractivity contribution in [3.05, 3.63) is 82.7 Å². The minimum Gasteiger partial charge on any atom is -0.358 e. The summed E-state index contributed by atoms with van der Waals surface area (Å²) in [5, 5.41) is 4.34. The van der Waals surface area contributed by atoms with Gasteiger partial charge in [-0.15, -0.1) is 0 Å². The molecule has 0 aliphatic carbocycles. The van der Waals surface area contributed by atoms with Crippen molar-refractivity contribution in [3.63, 3.8) is 0 Å². The number of nitrogens with one attached hydrogen (secondary N) is 1. The van der Waals surface area contributed by atoms with Crippen molar-refractivity contribution < 1.29 is 0 Å². The standard InChI is InChI=1S/C28H34ClN3/c1-19-6-9-23-17-22(8-12-27(23)31(19)4)7-5-20(2)32-15-13-28(14-16-32)21(3)30-26-11-10-24(29)18-25(26)28/h8,10-12,17-18,20,30H,1,3,5-7,9,13-16H2,2,4H3. The molecule has 1 unspecified atom stereocenters. The van der Waals surface area contributed by atoms with Crippen LogP contribution in [-0.4, -0.2) is 31.1 Å². The zero-order valence-corrected chi connectivity index (χ0v) is 20.1. The molecule has 1 spiro atoms. The minimum absolute atomic E-state index is 0.0327. The molecule has 1 atom stereocenters. The fraction of sp³-hybridized carbons (Fsp3) is 0.429. The van der Waals surface area contributed by atoms with E-state index < -0.39 is 0 Å². The number of allylic oxidation sites excluding steroid dienone is 2. The van der Waals surface area contributed by atoms with E-state index in [1.165, 1.54) is 40.2 Å². The normalized spacial score (nSPS) is 20.8. The summed E-state index contributed by atoms with van der Waals surface area (Å²) >= 11 is 6.34. The Morgan fingerprint density at radius 2 is 1.88 bits per heavy atom. The molecule has 2 aromatic carbocycles. The van der Waals surface area contributed by atoms with Gasteiger partial charge in [-0.2, -0.15) is 0 Å². The fourth-order valence-electron chi connectivity index (χ4n) is 5.88. The lowest BCUT2D eigenvalue weighted by Gasteiger charge is -2.42. The largest absolute Gasteiger partial charge is 0.358 e. The first kappa shape index (κ1) is 21.6. The number of hydrogen-bond acceptors (Lipinski definition) is 3. The topological polar surface area (TPSA) is 18.5 Å². The Balaban J connectivity index is 1.21. The number of aryl methyl sites for hydroxylation is 2. The van der Waals surface area contributed by atoms with Gasteiger partial charge in [0.15, 0.2) is 0 Å².